The standard InChI is InChI=1S/C12H14N2O3S/c1-7-12(16)14-9-6-8(2-3-10(9)17-7)13-11(15)4-5-18/h2-3,6-7,18H,4-5H2,1H3,(H,13,15)(H,14,16). The molecule has 0 saturated carbocycles. The number of ether oxygens (including phenoxy) is 1. The van der Waals surface area contributed by atoms with Gasteiger partial charge in [-0.05, 0) is 30.9 Å². The van der Waals surface area contributed by atoms with Crippen molar-refractivity contribution >= 4 is 35.8 Å². The van der Waals surface area contributed by atoms with E-state index in [2.05, 4.69) is 23.3 Å². The second-order valence-electron chi connectivity index (χ2n) is 3.98. The Bertz CT molecular complexity index is 490. The van der Waals surface area contributed by atoms with Crippen LogP contribution in [0.25, 0.3) is 0 Å². The normalized spacial score (nSPS) is 17.4. The number of rotatable bonds is 3. The van der Waals surface area contributed by atoms with Gasteiger partial charge in [0.15, 0.2) is 6.10 Å². The van der Waals surface area contributed by atoms with Gasteiger partial charge >= 0.3 is 0 Å². The monoisotopic (exact) mass is 266 g/mol. The topological polar surface area (TPSA) is 67.4 Å². The van der Waals surface area contributed by atoms with Crippen molar-refractivity contribution in [3.05, 3.63) is 18.2 Å². The van der Waals surface area contributed by atoms with Crippen LogP contribution in [0.2, 0.25) is 0 Å². The molecular formula is C12H14N2O3S. The first kappa shape index (κ1) is 12.8. The predicted octanol–water partition coefficient (Wildman–Crippen LogP) is 1.66. The van der Waals surface area contributed by atoms with Crippen molar-refractivity contribution < 1.29 is 14.3 Å². The Kier molecular flexibility index (Phi) is 3.76. The minimum Gasteiger partial charge on any atom is -0.479 e. The third-order valence-corrected chi connectivity index (χ3v) is 2.76. The van der Waals surface area contributed by atoms with Gasteiger partial charge in [-0.2, -0.15) is 12.6 Å². The molecule has 0 aliphatic carbocycles. The average molecular weight is 266 g/mol. The molecule has 5 nitrogen and oxygen atoms in total. The first-order valence-electron chi connectivity index (χ1n) is 5.62. The number of hydrogen-bond donors (Lipinski definition) is 3. The zero-order valence-corrected chi connectivity index (χ0v) is 10.8. The van der Waals surface area contributed by atoms with Crippen LogP contribution in [0.3, 0.4) is 0 Å². The lowest BCUT2D eigenvalue weighted by Crippen LogP contribution is -2.34. The third-order valence-electron chi connectivity index (χ3n) is 2.53. The number of amides is 2. The SMILES string of the molecule is CC1Oc2ccc(NC(=O)CCS)cc2NC1=O. The minimum atomic E-state index is -0.498. The summed E-state index contributed by atoms with van der Waals surface area (Å²) in [6.45, 7) is 1.68. The van der Waals surface area contributed by atoms with Gasteiger partial charge in [0.2, 0.25) is 5.91 Å². The molecule has 1 unspecified atom stereocenters. The predicted molar refractivity (Wildman–Crippen MR) is 72.3 cm³/mol. The van der Waals surface area contributed by atoms with Crippen molar-refractivity contribution in [3.63, 3.8) is 0 Å². The smallest absolute Gasteiger partial charge is 0.265 e. The van der Waals surface area contributed by atoms with E-state index in [-0.39, 0.29) is 11.8 Å². The van der Waals surface area contributed by atoms with Crippen LogP contribution in [0.5, 0.6) is 5.75 Å². The minimum absolute atomic E-state index is 0.110. The summed E-state index contributed by atoms with van der Waals surface area (Å²) in [6, 6.07) is 5.14. The Hall–Kier alpha value is -1.69. The van der Waals surface area contributed by atoms with E-state index in [0.29, 0.717) is 29.3 Å². The molecule has 2 rings (SSSR count). The zero-order chi connectivity index (χ0) is 13.1. The number of hydrogen-bond acceptors (Lipinski definition) is 4. The van der Waals surface area contributed by atoms with Crippen LogP contribution in [-0.2, 0) is 9.59 Å². The number of nitrogens with one attached hydrogen (secondary N) is 2. The average Bonchev–Trinajstić information content (AvgIpc) is 2.31. The lowest BCUT2D eigenvalue weighted by molar-refractivity contribution is -0.122. The molecule has 0 fully saturated rings. The number of benzene rings is 1. The van der Waals surface area contributed by atoms with E-state index in [1.807, 2.05) is 0 Å². The van der Waals surface area contributed by atoms with E-state index in [4.69, 9.17) is 4.74 Å². The quantitative estimate of drug-likeness (QED) is 0.729. The van der Waals surface area contributed by atoms with E-state index < -0.39 is 6.10 Å². The summed E-state index contributed by atoms with van der Waals surface area (Å²) in [6.07, 6.45) is -0.151. The molecule has 0 spiro atoms. The largest absolute Gasteiger partial charge is 0.479 e. The highest BCUT2D eigenvalue weighted by atomic mass is 32.1. The highest BCUT2D eigenvalue weighted by molar-refractivity contribution is 7.80. The summed E-state index contributed by atoms with van der Waals surface area (Å²) in [5, 5.41) is 5.45. The van der Waals surface area contributed by atoms with Gasteiger partial charge in [-0.3, -0.25) is 9.59 Å². The highest BCUT2D eigenvalue weighted by Crippen LogP contribution is 2.32. The van der Waals surface area contributed by atoms with Crippen molar-refractivity contribution in [1.29, 1.82) is 0 Å². The molecule has 0 radical (unpaired) electrons. The molecule has 1 aromatic carbocycles. The first-order valence-corrected chi connectivity index (χ1v) is 6.25. The van der Waals surface area contributed by atoms with Crippen LogP contribution in [0.15, 0.2) is 18.2 Å². The molecule has 18 heavy (non-hydrogen) atoms. The van der Waals surface area contributed by atoms with Crippen molar-refractivity contribution in [2.75, 3.05) is 16.4 Å². The van der Waals surface area contributed by atoms with Gasteiger partial charge in [-0.1, -0.05) is 0 Å². The fraction of sp³-hybridized carbons (Fsp3) is 0.333. The van der Waals surface area contributed by atoms with Gasteiger partial charge in [0.25, 0.3) is 5.91 Å². The molecular weight excluding hydrogens is 252 g/mol. The molecule has 1 atom stereocenters. The number of carbonyl (C=O) groups excluding carboxylic acids is 2. The van der Waals surface area contributed by atoms with Crippen molar-refractivity contribution in [2.45, 2.75) is 19.4 Å². The Morgan fingerprint density at radius 3 is 3.06 bits per heavy atom. The van der Waals surface area contributed by atoms with E-state index in [9.17, 15) is 9.59 Å². The summed E-state index contributed by atoms with van der Waals surface area (Å²) in [5.41, 5.74) is 1.20. The highest BCUT2D eigenvalue weighted by Gasteiger charge is 2.23. The second-order valence-corrected chi connectivity index (χ2v) is 4.43. The molecule has 0 bridgehead atoms. The summed E-state index contributed by atoms with van der Waals surface area (Å²) < 4.78 is 5.41. The van der Waals surface area contributed by atoms with Crippen LogP contribution in [-0.4, -0.2) is 23.7 Å². The number of thiol groups is 1. The zero-order valence-electron chi connectivity index (χ0n) is 9.90. The fourth-order valence-electron chi connectivity index (χ4n) is 1.61. The van der Waals surface area contributed by atoms with E-state index in [0.717, 1.165) is 0 Å². The fourth-order valence-corrected chi connectivity index (χ4v) is 1.81. The van der Waals surface area contributed by atoms with Crippen LogP contribution in [0.1, 0.15) is 13.3 Å². The molecule has 0 saturated heterocycles. The van der Waals surface area contributed by atoms with Crippen LogP contribution < -0.4 is 15.4 Å². The Balaban J connectivity index is 2.15. The number of anilines is 2. The third kappa shape index (κ3) is 2.76. The molecule has 6 heteroatoms. The maximum atomic E-state index is 11.5. The van der Waals surface area contributed by atoms with Crippen molar-refractivity contribution in [1.82, 2.24) is 0 Å². The van der Waals surface area contributed by atoms with E-state index >= 15 is 0 Å². The molecule has 0 aromatic heterocycles. The molecule has 2 amide bonds. The molecule has 1 aromatic rings. The molecule has 96 valence electrons. The lowest BCUT2D eigenvalue weighted by atomic mass is 10.2. The number of carbonyl (C=O) groups is 2. The summed E-state index contributed by atoms with van der Waals surface area (Å²) in [7, 11) is 0. The van der Waals surface area contributed by atoms with Crippen molar-refractivity contribution in [3.8, 4) is 5.75 Å². The van der Waals surface area contributed by atoms with Crippen LogP contribution in [0, 0.1) is 0 Å². The maximum Gasteiger partial charge on any atom is 0.265 e. The van der Waals surface area contributed by atoms with E-state index in [1.165, 1.54) is 0 Å². The maximum absolute atomic E-state index is 11.5. The van der Waals surface area contributed by atoms with E-state index in [1.54, 1.807) is 25.1 Å². The Morgan fingerprint density at radius 1 is 1.56 bits per heavy atom. The molecule has 1 aliphatic rings. The van der Waals surface area contributed by atoms with Gasteiger partial charge in [-0.25, -0.2) is 0 Å². The summed E-state index contributed by atoms with van der Waals surface area (Å²) in [5.74, 6) is 0.797. The van der Waals surface area contributed by atoms with Gasteiger partial charge in [0.05, 0.1) is 5.69 Å². The van der Waals surface area contributed by atoms with Gasteiger partial charge in [0.1, 0.15) is 5.75 Å². The second kappa shape index (κ2) is 5.30. The lowest BCUT2D eigenvalue weighted by Gasteiger charge is -2.23. The number of fused-ring (bicyclic) bond motifs is 1. The van der Waals surface area contributed by atoms with Crippen LogP contribution >= 0.6 is 12.6 Å². The summed E-state index contributed by atoms with van der Waals surface area (Å²) in [4.78, 5) is 22.9. The Morgan fingerprint density at radius 2 is 2.33 bits per heavy atom. The Labute approximate surface area is 110 Å². The summed E-state index contributed by atoms with van der Waals surface area (Å²) >= 11 is 3.99. The molecule has 1 aliphatic heterocycles. The first-order chi connectivity index (χ1) is 8.60. The molecule has 2 N–H and O–H groups in total. The van der Waals surface area contributed by atoms with Crippen LogP contribution in [0.4, 0.5) is 11.4 Å². The molecule has 1 heterocycles. The van der Waals surface area contributed by atoms with Gasteiger partial charge in [0, 0.05) is 12.1 Å². The van der Waals surface area contributed by atoms with Crippen molar-refractivity contribution in [2.24, 2.45) is 0 Å². The van der Waals surface area contributed by atoms with Gasteiger partial charge < -0.3 is 15.4 Å². The van der Waals surface area contributed by atoms with Gasteiger partial charge in [-0.15, -0.1) is 0 Å².